The molecule has 3 nitrogen and oxygen atoms in total. The van der Waals surface area contributed by atoms with Crippen molar-refractivity contribution in [1.29, 1.82) is 0 Å². The third kappa shape index (κ3) is 3.80. The van der Waals surface area contributed by atoms with Crippen LogP contribution in [0.4, 0.5) is 4.39 Å². The van der Waals surface area contributed by atoms with Gasteiger partial charge in [0.1, 0.15) is 11.6 Å². The van der Waals surface area contributed by atoms with Crippen LogP contribution in [0.1, 0.15) is 35.3 Å². The fraction of sp³-hybridized carbons (Fsp3) is 0.438. The summed E-state index contributed by atoms with van der Waals surface area (Å²) in [5, 5.41) is 4.42. The Labute approximate surface area is 128 Å². The zero-order valence-corrected chi connectivity index (χ0v) is 12.9. The molecule has 5 heteroatoms. The topological polar surface area (TPSA) is 34.1 Å². The lowest BCUT2D eigenvalue weighted by Gasteiger charge is -2.04. The van der Waals surface area contributed by atoms with Crippen molar-refractivity contribution in [3.8, 4) is 5.75 Å². The molecule has 1 N–H and O–H groups in total. The van der Waals surface area contributed by atoms with E-state index in [0.29, 0.717) is 12.6 Å². The van der Waals surface area contributed by atoms with E-state index in [4.69, 9.17) is 4.74 Å². The lowest BCUT2D eigenvalue weighted by molar-refractivity contribution is 0.289. The van der Waals surface area contributed by atoms with Crippen LogP contribution in [0.15, 0.2) is 24.3 Å². The second kappa shape index (κ2) is 6.54. The number of thiazole rings is 1. The molecule has 1 fully saturated rings. The Morgan fingerprint density at radius 3 is 2.90 bits per heavy atom. The molecular weight excluding hydrogens is 287 g/mol. The Balaban J connectivity index is 1.63. The molecule has 0 atom stereocenters. The molecule has 1 saturated carbocycles. The van der Waals surface area contributed by atoms with E-state index < -0.39 is 0 Å². The molecule has 3 rings (SSSR count). The van der Waals surface area contributed by atoms with Gasteiger partial charge in [0.15, 0.2) is 11.6 Å². The Kier molecular flexibility index (Phi) is 4.51. The van der Waals surface area contributed by atoms with Crippen LogP contribution in [0.3, 0.4) is 0 Å². The van der Waals surface area contributed by atoms with Gasteiger partial charge in [-0.1, -0.05) is 19.1 Å². The molecule has 0 bridgehead atoms. The highest BCUT2D eigenvalue weighted by atomic mass is 32.1. The van der Waals surface area contributed by atoms with Gasteiger partial charge >= 0.3 is 0 Å². The van der Waals surface area contributed by atoms with E-state index in [2.05, 4.69) is 17.2 Å². The number of nitrogens with zero attached hydrogens (tertiary/aromatic N) is 1. The van der Waals surface area contributed by atoms with Crippen molar-refractivity contribution >= 4 is 11.3 Å². The summed E-state index contributed by atoms with van der Waals surface area (Å²) in [5.41, 5.74) is 1.13. The molecule has 0 aliphatic heterocycles. The summed E-state index contributed by atoms with van der Waals surface area (Å²) in [7, 11) is 0. The lowest BCUT2D eigenvalue weighted by atomic mass is 10.3. The predicted molar refractivity (Wildman–Crippen MR) is 82.1 cm³/mol. The first-order chi connectivity index (χ1) is 10.3. The van der Waals surface area contributed by atoms with Gasteiger partial charge in [-0.15, -0.1) is 11.3 Å². The normalized spacial score (nSPS) is 14.4. The minimum absolute atomic E-state index is 0.281. The highest BCUT2D eigenvalue weighted by Gasteiger charge is 2.21. The molecule has 112 valence electrons. The number of nitrogens with one attached hydrogen (secondary N) is 1. The number of halogens is 1. The molecule has 1 heterocycles. The summed E-state index contributed by atoms with van der Waals surface area (Å²) >= 11 is 1.66. The van der Waals surface area contributed by atoms with Crippen LogP contribution in [-0.4, -0.2) is 11.0 Å². The predicted octanol–water partition coefficient (Wildman–Crippen LogP) is 3.68. The number of aromatic nitrogens is 1. The SMILES string of the molecule is CCc1nc(COc2ccccc2F)sc1CNC1CC1. The first kappa shape index (κ1) is 14.5. The molecule has 0 unspecified atom stereocenters. The number of ether oxygens (including phenoxy) is 1. The van der Waals surface area contributed by atoms with Crippen LogP contribution in [0.5, 0.6) is 5.75 Å². The van der Waals surface area contributed by atoms with E-state index in [9.17, 15) is 4.39 Å². The second-order valence-electron chi connectivity index (χ2n) is 5.21. The number of para-hydroxylation sites is 1. The maximum absolute atomic E-state index is 13.5. The van der Waals surface area contributed by atoms with Crippen LogP contribution in [0, 0.1) is 5.82 Å². The van der Waals surface area contributed by atoms with Crippen LogP contribution >= 0.6 is 11.3 Å². The molecule has 1 aliphatic rings. The van der Waals surface area contributed by atoms with E-state index >= 15 is 0 Å². The summed E-state index contributed by atoms with van der Waals surface area (Å²) < 4.78 is 19.0. The number of rotatable bonds is 7. The molecule has 1 aromatic carbocycles. The van der Waals surface area contributed by atoms with Crippen molar-refractivity contribution in [3.63, 3.8) is 0 Å². The number of benzene rings is 1. The van der Waals surface area contributed by atoms with E-state index in [1.165, 1.54) is 23.8 Å². The molecule has 0 saturated heterocycles. The van der Waals surface area contributed by atoms with E-state index in [1.807, 2.05) is 0 Å². The molecule has 1 aliphatic carbocycles. The number of hydrogen-bond donors (Lipinski definition) is 1. The smallest absolute Gasteiger partial charge is 0.165 e. The first-order valence-electron chi connectivity index (χ1n) is 7.34. The fourth-order valence-corrected chi connectivity index (χ4v) is 3.16. The van der Waals surface area contributed by atoms with Crippen molar-refractivity contribution < 1.29 is 9.13 Å². The van der Waals surface area contributed by atoms with Crippen LogP contribution < -0.4 is 10.1 Å². The molecular formula is C16H19FN2OS. The average Bonchev–Trinajstić information content (AvgIpc) is 3.24. The Morgan fingerprint density at radius 1 is 1.38 bits per heavy atom. The maximum Gasteiger partial charge on any atom is 0.165 e. The molecule has 0 amide bonds. The molecule has 0 radical (unpaired) electrons. The van der Waals surface area contributed by atoms with Crippen LogP contribution in [-0.2, 0) is 19.6 Å². The van der Waals surface area contributed by atoms with Gasteiger partial charge in [0.05, 0.1) is 5.69 Å². The Morgan fingerprint density at radius 2 is 2.19 bits per heavy atom. The zero-order chi connectivity index (χ0) is 14.7. The first-order valence-corrected chi connectivity index (χ1v) is 8.16. The van der Waals surface area contributed by atoms with Gasteiger partial charge in [0, 0.05) is 17.5 Å². The van der Waals surface area contributed by atoms with Crippen molar-refractivity contribution in [2.24, 2.45) is 0 Å². The standard InChI is InChI=1S/C16H19FN2OS/c1-2-13-15(9-18-11-7-8-11)21-16(19-13)10-20-14-6-4-3-5-12(14)17/h3-6,11,18H,2,7-10H2,1H3. The zero-order valence-electron chi connectivity index (χ0n) is 12.1. The van der Waals surface area contributed by atoms with E-state index in [-0.39, 0.29) is 11.6 Å². The van der Waals surface area contributed by atoms with Gasteiger partial charge in [-0.3, -0.25) is 0 Å². The summed E-state index contributed by atoms with van der Waals surface area (Å²) in [4.78, 5) is 5.88. The minimum atomic E-state index is -0.333. The number of hydrogen-bond acceptors (Lipinski definition) is 4. The maximum atomic E-state index is 13.5. The van der Waals surface area contributed by atoms with Gasteiger partial charge < -0.3 is 10.1 Å². The number of aryl methyl sites for hydroxylation is 1. The van der Waals surface area contributed by atoms with Gasteiger partial charge in [-0.25, -0.2) is 9.37 Å². The second-order valence-corrected chi connectivity index (χ2v) is 6.37. The minimum Gasteiger partial charge on any atom is -0.483 e. The summed E-state index contributed by atoms with van der Waals surface area (Å²) in [6.45, 7) is 3.31. The van der Waals surface area contributed by atoms with Crippen molar-refractivity contribution in [2.75, 3.05) is 0 Å². The monoisotopic (exact) mass is 306 g/mol. The quantitative estimate of drug-likeness (QED) is 0.847. The van der Waals surface area contributed by atoms with Gasteiger partial charge in [-0.2, -0.15) is 0 Å². The third-order valence-corrected chi connectivity index (χ3v) is 4.54. The third-order valence-electron chi connectivity index (χ3n) is 3.47. The fourth-order valence-electron chi connectivity index (χ4n) is 2.14. The molecule has 0 spiro atoms. The van der Waals surface area contributed by atoms with E-state index in [1.54, 1.807) is 29.5 Å². The van der Waals surface area contributed by atoms with E-state index in [0.717, 1.165) is 23.7 Å². The summed E-state index contributed by atoms with van der Waals surface area (Å²) in [5.74, 6) is -0.0520. The van der Waals surface area contributed by atoms with Crippen molar-refractivity contribution in [1.82, 2.24) is 10.3 Å². The lowest BCUT2D eigenvalue weighted by Crippen LogP contribution is -2.15. The summed E-state index contributed by atoms with van der Waals surface area (Å²) in [6.07, 6.45) is 3.48. The van der Waals surface area contributed by atoms with Crippen LogP contribution in [0.25, 0.3) is 0 Å². The van der Waals surface area contributed by atoms with Crippen LogP contribution in [0.2, 0.25) is 0 Å². The molecule has 1 aromatic heterocycles. The highest BCUT2D eigenvalue weighted by molar-refractivity contribution is 7.11. The Hall–Kier alpha value is -1.46. The Bertz CT molecular complexity index is 610. The largest absolute Gasteiger partial charge is 0.483 e. The molecule has 21 heavy (non-hydrogen) atoms. The van der Waals surface area contributed by atoms with Gasteiger partial charge in [0.25, 0.3) is 0 Å². The molecule has 2 aromatic rings. The van der Waals surface area contributed by atoms with Gasteiger partial charge in [0.2, 0.25) is 0 Å². The van der Waals surface area contributed by atoms with Crippen molar-refractivity contribution in [2.45, 2.75) is 45.4 Å². The summed E-state index contributed by atoms with van der Waals surface area (Å²) in [6, 6.07) is 7.15. The highest BCUT2D eigenvalue weighted by Crippen LogP contribution is 2.24. The van der Waals surface area contributed by atoms with Crippen molar-refractivity contribution in [3.05, 3.63) is 45.7 Å². The van der Waals surface area contributed by atoms with Gasteiger partial charge in [-0.05, 0) is 31.4 Å². The average molecular weight is 306 g/mol.